The Bertz CT molecular complexity index is 5030. The summed E-state index contributed by atoms with van der Waals surface area (Å²) in [6.45, 7) is 0. The summed E-state index contributed by atoms with van der Waals surface area (Å²) in [7, 11) is 0. The standard InChI is InChI=1S/C86H60N4O2/c1-5-21-57(22-6-1)59-41-45-67(46-42-59)87(65-29-9-3-10-30-65)69-49-51-71-81(53-69)91-85-79(89-75-33-17-13-25-61(75)37-38-62-26-14-18-34-76(62)89)56-74-73(83(71)85)55-80(90-77-35-19-15-27-63(77)39-40-64-28-16-20-36-78(64)90)86-84(74)72-52-50-70(54-82(72)92-86)88(66-31-11-4-12-32-66)68-47-43-60(44-48-68)58-23-7-2-8-24-58/h1-36,41-56H,37-40H2. The molecule has 0 aliphatic carbocycles. The van der Waals surface area contributed by atoms with Gasteiger partial charge in [-0.05, 0) is 190 Å². The van der Waals surface area contributed by atoms with E-state index in [2.05, 4.69) is 335 Å². The number of para-hydroxylation sites is 6. The molecule has 6 heteroatoms. The van der Waals surface area contributed by atoms with E-state index >= 15 is 0 Å². The normalized spacial score (nSPS) is 12.8. The predicted molar refractivity (Wildman–Crippen MR) is 383 cm³/mol. The summed E-state index contributed by atoms with van der Waals surface area (Å²) in [4.78, 5) is 9.63. The first-order chi connectivity index (χ1) is 45.6. The summed E-state index contributed by atoms with van der Waals surface area (Å²) >= 11 is 0. The fourth-order valence-electron chi connectivity index (χ4n) is 14.6. The van der Waals surface area contributed by atoms with E-state index in [1.807, 2.05) is 0 Å². The van der Waals surface area contributed by atoms with Gasteiger partial charge in [-0.15, -0.1) is 0 Å². The molecule has 0 N–H and O–H groups in total. The molecule has 14 aromatic carbocycles. The molecule has 4 heterocycles. The lowest BCUT2D eigenvalue weighted by atomic mass is 9.95. The van der Waals surface area contributed by atoms with Crippen LogP contribution >= 0.6 is 0 Å². The molecule has 0 atom stereocenters. The second-order valence-corrected chi connectivity index (χ2v) is 24.2. The van der Waals surface area contributed by atoms with Crippen LogP contribution in [0.5, 0.6) is 0 Å². The highest BCUT2D eigenvalue weighted by molar-refractivity contribution is 6.32. The van der Waals surface area contributed by atoms with Gasteiger partial charge in [-0.1, -0.05) is 194 Å². The third kappa shape index (κ3) is 8.93. The number of furan rings is 2. The van der Waals surface area contributed by atoms with Gasteiger partial charge in [-0.25, -0.2) is 0 Å². The van der Waals surface area contributed by atoms with Crippen LogP contribution in [0.4, 0.5) is 68.2 Å². The molecule has 0 saturated heterocycles. The minimum atomic E-state index is 0.788. The maximum atomic E-state index is 7.70. The van der Waals surface area contributed by atoms with Crippen molar-refractivity contribution in [2.24, 2.45) is 0 Å². The average molecular weight is 1180 g/mol. The Morgan fingerprint density at radius 2 is 0.511 bits per heavy atom. The average Bonchev–Trinajstić information content (AvgIpc) is 1.51. The lowest BCUT2D eigenvalue weighted by molar-refractivity contribution is 0.668. The van der Waals surface area contributed by atoms with Crippen LogP contribution in [0.2, 0.25) is 0 Å². The summed E-state index contributed by atoms with van der Waals surface area (Å²) in [6, 6.07) is 114. The van der Waals surface area contributed by atoms with Crippen molar-refractivity contribution in [2.75, 3.05) is 19.6 Å². The number of hydrogen-bond donors (Lipinski definition) is 0. The van der Waals surface area contributed by atoms with E-state index in [9.17, 15) is 0 Å². The molecule has 436 valence electrons. The molecule has 18 rings (SSSR count). The minimum Gasteiger partial charge on any atom is -0.454 e. The molecular formula is C86H60N4O2. The molecule has 0 fully saturated rings. The molecule has 0 radical (unpaired) electrons. The Labute approximate surface area is 533 Å². The molecular weight excluding hydrogens is 1120 g/mol. The Hall–Kier alpha value is -11.9. The number of rotatable bonds is 10. The molecule has 16 aromatic rings. The lowest BCUT2D eigenvalue weighted by Crippen LogP contribution is -2.13. The van der Waals surface area contributed by atoms with Gasteiger partial charge in [0.05, 0.1) is 11.4 Å². The van der Waals surface area contributed by atoms with E-state index < -0.39 is 0 Å². The summed E-state index contributed by atoms with van der Waals surface area (Å²) in [5.74, 6) is 0. The maximum absolute atomic E-state index is 7.70. The third-order valence-electron chi connectivity index (χ3n) is 19.0. The molecule has 2 aromatic heterocycles. The van der Waals surface area contributed by atoms with Crippen LogP contribution in [0.15, 0.2) is 324 Å². The highest BCUT2D eigenvalue weighted by atomic mass is 16.3. The smallest absolute Gasteiger partial charge is 0.160 e. The molecule has 2 aliphatic heterocycles. The quantitative estimate of drug-likeness (QED) is 0.136. The minimum absolute atomic E-state index is 0.788. The van der Waals surface area contributed by atoms with Crippen LogP contribution in [0.1, 0.15) is 22.3 Å². The van der Waals surface area contributed by atoms with Crippen molar-refractivity contribution < 1.29 is 8.83 Å². The van der Waals surface area contributed by atoms with Gasteiger partial charge in [0.1, 0.15) is 11.2 Å². The lowest BCUT2D eigenvalue weighted by Gasteiger charge is -2.29. The predicted octanol–water partition coefficient (Wildman–Crippen LogP) is 24.0. The van der Waals surface area contributed by atoms with Crippen LogP contribution in [0, 0.1) is 0 Å². The van der Waals surface area contributed by atoms with Gasteiger partial charge in [-0.2, -0.15) is 0 Å². The third-order valence-corrected chi connectivity index (χ3v) is 19.0. The van der Waals surface area contributed by atoms with E-state index in [-0.39, 0.29) is 0 Å². The molecule has 92 heavy (non-hydrogen) atoms. The number of anilines is 12. The van der Waals surface area contributed by atoms with Gasteiger partial charge in [0, 0.05) is 90.6 Å². The van der Waals surface area contributed by atoms with Gasteiger partial charge in [0.25, 0.3) is 0 Å². The van der Waals surface area contributed by atoms with E-state index in [0.29, 0.717) is 0 Å². The van der Waals surface area contributed by atoms with E-state index in [0.717, 1.165) is 160 Å². The van der Waals surface area contributed by atoms with Crippen molar-refractivity contribution in [2.45, 2.75) is 25.7 Å². The SMILES string of the molecule is c1ccc(-c2ccc(N(c3ccccc3)c3ccc4c(c3)oc3c(N5c6ccccc6CCc6ccccc65)cc5c(cc(N6c7ccccc7CCc7ccccc76)c6oc7cc(N(c8ccccc8)c8ccc(-c9ccccc9)cc8)ccc7c65)c34)cc2)cc1. The molecule has 0 saturated carbocycles. The first-order valence-corrected chi connectivity index (χ1v) is 31.9. The second-order valence-electron chi connectivity index (χ2n) is 24.2. The summed E-state index contributed by atoms with van der Waals surface area (Å²) in [5, 5.41) is 6.26. The highest BCUT2D eigenvalue weighted by Crippen LogP contribution is 2.55. The number of aryl methyl sites for hydroxylation is 4. The fourth-order valence-corrected chi connectivity index (χ4v) is 14.6. The largest absolute Gasteiger partial charge is 0.454 e. The van der Waals surface area contributed by atoms with Crippen molar-refractivity contribution in [1.29, 1.82) is 0 Å². The topological polar surface area (TPSA) is 39.2 Å². The van der Waals surface area contributed by atoms with Crippen molar-refractivity contribution >= 4 is 123 Å². The van der Waals surface area contributed by atoms with E-state index in [4.69, 9.17) is 8.83 Å². The Kier molecular flexibility index (Phi) is 12.7. The molecule has 6 nitrogen and oxygen atoms in total. The summed E-state index contributed by atoms with van der Waals surface area (Å²) < 4.78 is 15.4. The molecule has 0 spiro atoms. The second kappa shape index (κ2) is 22.0. The Balaban J connectivity index is 0.932. The number of benzene rings is 14. The first-order valence-electron chi connectivity index (χ1n) is 31.9. The van der Waals surface area contributed by atoms with E-state index in [1.165, 1.54) is 33.4 Å². The van der Waals surface area contributed by atoms with Gasteiger partial charge in [-0.3, -0.25) is 0 Å². The molecule has 0 amide bonds. The fraction of sp³-hybridized carbons (Fsp3) is 0.0465. The summed E-state index contributed by atoms with van der Waals surface area (Å²) in [5.41, 5.74) is 25.6. The van der Waals surface area contributed by atoms with Gasteiger partial charge in [0.2, 0.25) is 0 Å². The van der Waals surface area contributed by atoms with Crippen molar-refractivity contribution in [3.05, 3.63) is 338 Å². The van der Waals surface area contributed by atoms with Crippen molar-refractivity contribution in [3.8, 4) is 22.3 Å². The van der Waals surface area contributed by atoms with Crippen LogP contribution in [-0.4, -0.2) is 0 Å². The van der Waals surface area contributed by atoms with Gasteiger partial charge >= 0.3 is 0 Å². The number of fused-ring (bicyclic) bond motifs is 13. The Morgan fingerprint density at radius 3 is 0.859 bits per heavy atom. The first kappa shape index (κ1) is 53.2. The maximum Gasteiger partial charge on any atom is 0.160 e. The van der Waals surface area contributed by atoms with Gasteiger partial charge in [0.15, 0.2) is 11.2 Å². The van der Waals surface area contributed by atoms with Crippen LogP contribution in [-0.2, 0) is 25.7 Å². The molecule has 0 bridgehead atoms. The highest BCUT2D eigenvalue weighted by Gasteiger charge is 2.32. The zero-order valence-corrected chi connectivity index (χ0v) is 50.5. The van der Waals surface area contributed by atoms with Crippen molar-refractivity contribution in [1.82, 2.24) is 0 Å². The van der Waals surface area contributed by atoms with Crippen LogP contribution < -0.4 is 19.6 Å². The number of hydrogen-bond acceptors (Lipinski definition) is 6. The van der Waals surface area contributed by atoms with Crippen molar-refractivity contribution in [3.63, 3.8) is 0 Å². The molecule has 0 unspecified atom stereocenters. The Morgan fingerprint density at radius 1 is 0.228 bits per heavy atom. The van der Waals surface area contributed by atoms with Crippen LogP contribution in [0.25, 0.3) is 76.9 Å². The number of nitrogens with zero attached hydrogens (tertiary/aromatic N) is 4. The monoisotopic (exact) mass is 1180 g/mol. The van der Waals surface area contributed by atoms with Crippen LogP contribution in [0.3, 0.4) is 0 Å². The zero-order chi connectivity index (χ0) is 60.6. The van der Waals surface area contributed by atoms with Gasteiger partial charge < -0.3 is 28.4 Å². The summed E-state index contributed by atoms with van der Waals surface area (Å²) in [6.07, 6.45) is 3.63. The molecule has 2 aliphatic rings. The van der Waals surface area contributed by atoms with E-state index in [1.54, 1.807) is 0 Å². The zero-order valence-electron chi connectivity index (χ0n) is 50.5.